The zero-order valence-corrected chi connectivity index (χ0v) is 9.57. The third-order valence-corrected chi connectivity index (χ3v) is 2.88. The largest absolute Gasteiger partial charge is 0.298 e. The smallest absolute Gasteiger partial charge is 0.192 e. The minimum Gasteiger partial charge on any atom is -0.298 e. The molecule has 2 aromatic rings. The van der Waals surface area contributed by atoms with Crippen LogP contribution in [0.4, 0.5) is 0 Å². The number of aromatic nitrogens is 2. The molecule has 0 fully saturated rings. The number of carbonyl (C=O) groups excluding carboxylic acids is 1. The number of aldehydes is 1. The quantitative estimate of drug-likeness (QED) is 0.600. The highest BCUT2D eigenvalue weighted by Crippen LogP contribution is 2.23. The molecule has 0 saturated heterocycles. The number of aryl methyl sites for hydroxylation is 1. The lowest BCUT2D eigenvalue weighted by molar-refractivity contribution is 0.112. The van der Waals surface area contributed by atoms with Crippen molar-refractivity contribution in [1.29, 1.82) is 0 Å². The van der Waals surface area contributed by atoms with Gasteiger partial charge in [0.2, 0.25) is 0 Å². The van der Waals surface area contributed by atoms with Crippen LogP contribution in [0.2, 0.25) is 0 Å². The lowest BCUT2D eigenvalue weighted by Gasteiger charge is -2.00. The fourth-order valence-corrected chi connectivity index (χ4v) is 1.85. The van der Waals surface area contributed by atoms with Gasteiger partial charge in [-0.05, 0) is 36.4 Å². The molecule has 0 aliphatic heterocycles. The topological polar surface area (TPSA) is 42.9 Å². The molecule has 0 aliphatic carbocycles. The van der Waals surface area contributed by atoms with Crippen LogP contribution in [0, 0.1) is 6.92 Å². The van der Waals surface area contributed by atoms with E-state index in [0.717, 1.165) is 16.7 Å². The van der Waals surface area contributed by atoms with Gasteiger partial charge >= 0.3 is 0 Å². The van der Waals surface area contributed by atoms with Gasteiger partial charge in [-0.3, -0.25) is 4.79 Å². The summed E-state index contributed by atoms with van der Waals surface area (Å²) in [5.41, 5.74) is 1.72. The van der Waals surface area contributed by atoms with E-state index in [1.165, 1.54) is 11.8 Å². The summed E-state index contributed by atoms with van der Waals surface area (Å²) in [5, 5.41) is 0.712. The molecule has 80 valence electrons. The van der Waals surface area contributed by atoms with Crippen molar-refractivity contribution in [2.24, 2.45) is 0 Å². The first kappa shape index (κ1) is 10.8. The van der Waals surface area contributed by atoms with Gasteiger partial charge < -0.3 is 0 Å². The molecule has 1 heterocycles. The van der Waals surface area contributed by atoms with Crippen molar-refractivity contribution < 1.29 is 4.79 Å². The highest BCUT2D eigenvalue weighted by molar-refractivity contribution is 7.99. The first-order valence-corrected chi connectivity index (χ1v) is 5.61. The predicted molar refractivity (Wildman–Crippen MR) is 62.7 cm³/mol. The van der Waals surface area contributed by atoms with E-state index >= 15 is 0 Å². The third-order valence-electron chi connectivity index (χ3n) is 1.98. The molecule has 0 unspecified atom stereocenters. The summed E-state index contributed by atoms with van der Waals surface area (Å²) in [5.74, 6) is 0. The van der Waals surface area contributed by atoms with Gasteiger partial charge in [0.25, 0.3) is 0 Å². The summed E-state index contributed by atoms with van der Waals surface area (Å²) >= 11 is 1.48. The van der Waals surface area contributed by atoms with Crippen LogP contribution < -0.4 is 0 Å². The van der Waals surface area contributed by atoms with Crippen molar-refractivity contribution in [3.05, 3.63) is 47.8 Å². The molecule has 1 aromatic heterocycles. The third kappa shape index (κ3) is 2.67. The average Bonchev–Trinajstić information content (AvgIpc) is 2.33. The Morgan fingerprint density at radius 2 is 1.75 bits per heavy atom. The Kier molecular flexibility index (Phi) is 3.31. The van der Waals surface area contributed by atoms with Gasteiger partial charge in [-0.2, -0.15) is 0 Å². The monoisotopic (exact) mass is 230 g/mol. The second-order valence-corrected chi connectivity index (χ2v) is 4.37. The van der Waals surface area contributed by atoms with Crippen molar-refractivity contribution in [1.82, 2.24) is 9.97 Å². The Hall–Kier alpha value is -1.68. The van der Waals surface area contributed by atoms with E-state index in [2.05, 4.69) is 9.97 Å². The van der Waals surface area contributed by atoms with Gasteiger partial charge in [-0.25, -0.2) is 9.97 Å². The molecular weight excluding hydrogens is 220 g/mol. The minimum absolute atomic E-state index is 0.675. The van der Waals surface area contributed by atoms with E-state index < -0.39 is 0 Å². The number of hydrogen-bond donors (Lipinski definition) is 0. The summed E-state index contributed by atoms with van der Waals surface area (Å²) in [7, 11) is 0. The highest BCUT2D eigenvalue weighted by Gasteiger charge is 1.99. The SMILES string of the molecule is Cc1cnc(Sc2ccc(C=O)cc2)nc1. The lowest BCUT2D eigenvalue weighted by atomic mass is 10.2. The van der Waals surface area contributed by atoms with Crippen molar-refractivity contribution in [2.75, 3.05) is 0 Å². The molecule has 16 heavy (non-hydrogen) atoms. The van der Waals surface area contributed by atoms with Crippen molar-refractivity contribution in [2.45, 2.75) is 17.0 Å². The standard InChI is InChI=1S/C12H10N2OS/c1-9-6-13-12(14-7-9)16-11-4-2-10(8-15)3-5-11/h2-8H,1H3. The summed E-state index contributed by atoms with van der Waals surface area (Å²) in [6.45, 7) is 1.95. The van der Waals surface area contributed by atoms with Gasteiger partial charge in [0.05, 0.1) is 0 Å². The zero-order valence-electron chi connectivity index (χ0n) is 8.75. The highest BCUT2D eigenvalue weighted by atomic mass is 32.2. The van der Waals surface area contributed by atoms with E-state index in [0.29, 0.717) is 10.7 Å². The fraction of sp³-hybridized carbons (Fsp3) is 0.0833. The first-order chi connectivity index (χ1) is 7.78. The number of nitrogens with zero attached hydrogens (tertiary/aromatic N) is 2. The van der Waals surface area contributed by atoms with Crippen LogP contribution in [0.25, 0.3) is 0 Å². The molecular formula is C12H10N2OS. The van der Waals surface area contributed by atoms with Crippen LogP contribution in [0.15, 0.2) is 46.7 Å². The van der Waals surface area contributed by atoms with E-state index in [9.17, 15) is 4.79 Å². The Morgan fingerprint density at radius 1 is 1.12 bits per heavy atom. The van der Waals surface area contributed by atoms with Crippen LogP contribution in [0.3, 0.4) is 0 Å². The molecule has 0 aliphatic rings. The van der Waals surface area contributed by atoms with Gasteiger partial charge in [-0.15, -0.1) is 0 Å². The summed E-state index contributed by atoms with van der Waals surface area (Å²) < 4.78 is 0. The molecule has 1 aromatic carbocycles. The van der Waals surface area contributed by atoms with E-state index in [4.69, 9.17) is 0 Å². The van der Waals surface area contributed by atoms with Crippen molar-refractivity contribution >= 4 is 18.0 Å². The van der Waals surface area contributed by atoms with Crippen LogP contribution in [0.1, 0.15) is 15.9 Å². The number of hydrogen-bond acceptors (Lipinski definition) is 4. The molecule has 0 amide bonds. The average molecular weight is 230 g/mol. The normalized spacial score (nSPS) is 10.1. The lowest BCUT2D eigenvalue weighted by Crippen LogP contribution is -1.86. The van der Waals surface area contributed by atoms with Crippen LogP contribution >= 0.6 is 11.8 Å². The molecule has 4 heteroatoms. The Labute approximate surface area is 97.9 Å². The van der Waals surface area contributed by atoms with Crippen molar-refractivity contribution in [3.8, 4) is 0 Å². The molecule has 3 nitrogen and oxygen atoms in total. The number of benzene rings is 1. The van der Waals surface area contributed by atoms with Gasteiger partial charge in [-0.1, -0.05) is 12.1 Å². The van der Waals surface area contributed by atoms with Crippen LogP contribution in [0.5, 0.6) is 0 Å². The molecule has 0 atom stereocenters. The molecule has 0 N–H and O–H groups in total. The fourth-order valence-electron chi connectivity index (χ4n) is 1.15. The molecule has 0 saturated carbocycles. The van der Waals surface area contributed by atoms with E-state index in [-0.39, 0.29) is 0 Å². The number of carbonyl (C=O) groups is 1. The van der Waals surface area contributed by atoms with Crippen LogP contribution in [-0.2, 0) is 0 Å². The summed E-state index contributed by atoms with van der Waals surface area (Å²) in [6.07, 6.45) is 4.40. The van der Waals surface area contributed by atoms with Gasteiger partial charge in [0.15, 0.2) is 5.16 Å². The maximum atomic E-state index is 10.5. The van der Waals surface area contributed by atoms with Gasteiger partial charge in [0, 0.05) is 22.9 Å². The second-order valence-electron chi connectivity index (χ2n) is 3.33. The first-order valence-electron chi connectivity index (χ1n) is 4.79. The van der Waals surface area contributed by atoms with E-state index in [1.807, 2.05) is 19.1 Å². The van der Waals surface area contributed by atoms with Crippen molar-refractivity contribution in [3.63, 3.8) is 0 Å². The summed E-state index contributed by atoms with van der Waals surface area (Å²) in [4.78, 5) is 19.9. The molecule has 0 spiro atoms. The number of rotatable bonds is 3. The Morgan fingerprint density at radius 3 is 2.31 bits per heavy atom. The maximum Gasteiger partial charge on any atom is 0.192 e. The summed E-state index contributed by atoms with van der Waals surface area (Å²) in [6, 6.07) is 7.34. The predicted octanol–water partition coefficient (Wildman–Crippen LogP) is 2.75. The molecule has 0 bridgehead atoms. The second kappa shape index (κ2) is 4.90. The molecule has 0 radical (unpaired) electrons. The molecule has 2 rings (SSSR count). The Balaban J connectivity index is 2.14. The maximum absolute atomic E-state index is 10.5. The Bertz CT molecular complexity index is 479. The zero-order chi connectivity index (χ0) is 11.4. The van der Waals surface area contributed by atoms with Crippen LogP contribution in [-0.4, -0.2) is 16.3 Å². The van der Waals surface area contributed by atoms with Gasteiger partial charge in [0.1, 0.15) is 6.29 Å². The van der Waals surface area contributed by atoms with E-state index in [1.54, 1.807) is 24.5 Å². The minimum atomic E-state index is 0.675.